The van der Waals surface area contributed by atoms with Crippen LogP contribution in [0.25, 0.3) is 22.3 Å². The molecule has 0 N–H and O–H groups in total. The Morgan fingerprint density at radius 3 is 1.81 bits per heavy atom. The molecule has 0 aromatic heterocycles. The molecule has 4 heteroatoms. The summed E-state index contributed by atoms with van der Waals surface area (Å²) in [4.78, 5) is 8.48. The molecule has 4 aliphatic heterocycles. The van der Waals surface area contributed by atoms with E-state index in [1.165, 1.54) is 139 Å². The van der Waals surface area contributed by atoms with Gasteiger partial charge in [-0.1, -0.05) is 178 Å². The van der Waals surface area contributed by atoms with Gasteiger partial charge in [-0.15, -0.1) is 0 Å². The highest BCUT2D eigenvalue weighted by Crippen LogP contribution is 2.66. The van der Waals surface area contributed by atoms with E-state index in [1.54, 1.807) is 5.56 Å². The van der Waals surface area contributed by atoms with Crippen molar-refractivity contribution < 1.29 is 0 Å². The smallest absolute Gasteiger partial charge is 0.252 e. The molecule has 2 fully saturated rings. The predicted octanol–water partition coefficient (Wildman–Crippen LogP) is 14.8. The van der Waals surface area contributed by atoms with Gasteiger partial charge >= 0.3 is 0 Å². The van der Waals surface area contributed by atoms with Crippen LogP contribution in [0.2, 0.25) is 0 Å². The van der Waals surface area contributed by atoms with E-state index in [-0.39, 0.29) is 28.6 Å². The number of para-hydroxylation sites is 1. The molecule has 2 aliphatic carbocycles. The molecule has 4 unspecified atom stereocenters. The zero-order valence-corrected chi connectivity index (χ0v) is 40.8. The maximum absolute atomic E-state index is 2.95. The van der Waals surface area contributed by atoms with Crippen LogP contribution in [0.3, 0.4) is 0 Å². The normalized spacial score (nSPS) is 24.5. The maximum Gasteiger partial charge on any atom is 0.252 e. The van der Waals surface area contributed by atoms with E-state index in [0.29, 0.717) is 0 Å². The van der Waals surface area contributed by atoms with Gasteiger partial charge in [0.25, 0.3) is 6.71 Å². The highest BCUT2D eigenvalue weighted by atomic mass is 15.3. The SMILES string of the molecule is Cc1cc(C)c2c3c1B1c4ccc(-c5ccccc5)cc4N(c4cccc(-c5ccccc5)c4)c4cc(N5c6ccccc6C6(c7ccccc7)CCCCC56C)cc(c41)N3C1(C)CCCCC21C. The quantitative estimate of drug-likeness (QED) is 0.159. The highest BCUT2D eigenvalue weighted by Gasteiger charge is 2.64. The molecule has 2 saturated carbocycles. The van der Waals surface area contributed by atoms with Crippen molar-refractivity contribution in [1.29, 1.82) is 0 Å². The number of fused-ring (bicyclic) bond motifs is 10. The van der Waals surface area contributed by atoms with Gasteiger partial charge in [0.05, 0.1) is 11.1 Å². The second-order valence-corrected chi connectivity index (χ2v) is 22.1. The number of hydrogen-bond acceptors (Lipinski definition) is 3. The summed E-state index contributed by atoms with van der Waals surface area (Å²) in [6.07, 6.45) is 9.56. The molecule has 0 spiro atoms. The lowest BCUT2D eigenvalue weighted by atomic mass is 9.32. The van der Waals surface area contributed by atoms with E-state index in [2.05, 4.69) is 225 Å². The minimum absolute atomic E-state index is 0.00521. The molecule has 69 heavy (non-hydrogen) atoms. The average Bonchev–Trinajstić information content (AvgIpc) is 3.76. The van der Waals surface area contributed by atoms with Crippen LogP contribution in [-0.4, -0.2) is 17.8 Å². The molecule has 8 aromatic rings. The third-order valence-corrected chi connectivity index (χ3v) is 18.9. The molecule has 3 nitrogen and oxygen atoms in total. The fourth-order valence-electron chi connectivity index (χ4n) is 15.8. The van der Waals surface area contributed by atoms with E-state index in [1.807, 2.05) is 0 Å². The Bertz CT molecular complexity index is 3400. The summed E-state index contributed by atoms with van der Waals surface area (Å²) in [5.41, 5.74) is 25.5. The van der Waals surface area contributed by atoms with Gasteiger partial charge in [0.15, 0.2) is 0 Å². The van der Waals surface area contributed by atoms with Gasteiger partial charge in [0.1, 0.15) is 0 Å². The lowest BCUT2D eigenvalue weighted by Crippen LogP contribution is -2.65. The Kier molecular flexibility index (Phi) is 8.74. The van der Waals surface area contributed by atoms with Crippen molar-refractivity contribution in [2.24, 2.45) is 0 Å². The van der Waals surface area contributed by atoms with Gasteiger partial charge < -0.3 is 14.7 Å². The zero-order valence-electron chi connectivity index (χ0n) is 40.8. The maximum atomic E-state index is 2.95. The third kappa shape index (κ3) is 5.30. The van der Waals surface area contributed by atoms with Crippen molar-refractivity contribution in [2.75, 3.05) is 14.7 Å². The summed E-state index contributed by atoms with van der Waals surface area (Å²) >= 11 is 0. The standard InChI is InChI=1S/C65H60BN3/c1-43-38-44(2)59-61-58(43)62(3)34-17-18-35-63(62,4)69(61)57-42-51(68-54-31-16-15-30-52(54)65(49-27-13-8-14-28-49)37-20-19-36-64(65,68)5)41-56-60(57)66(59)53-33-32-48(46-24-11-7-12-25-46)40-55(53)67(56)50-29-21-26-47(39-50)45-22-9-6-10-23-45/h6-16,21-33,38-42H,17-20,34-37H2,1-5H3. The monoisotopic (exact) mass is 893 g/mol. The molecule has 0 saturated heterocycles. The Labute approximate surface area is 409 Å². The van der Waals surface area contributed by atoms with Crippen LogP contribution >= 0.6 is 0 Å². The second-order valence-electron chi connectivity index (χ2n) is 22.1. The molecule has 4 atom stereocenters. The van der Waals surface area contributed by atoms with Crippen LogP contribution in [0.15, 0.2) is 176 Å². The number of nitrogens with zero attached hydrogens (tertiary/aromatic N) is 3. The Morgan fingerprint density at radius 1 is 0.435 bits per heavy atom. The molecule has 0 amide bonds. The minimum Gasteiger partial charge on any atom is -0.335 e. The van der Waals surface area contributed by atoms with Gasteiger partial charge in [-0.25, -0.2) is 0 Å². The van der Waals surface area contributed by atoms with Crippen molar-refractivity contribution >= 4 is 62.9 Å². The Balaban J connectivity index is 1.12. The zero-order chi connectivity index (χ0) is 46.4. The van der Waals surface area contributed by atoms with Crippen LogP contribution in [0, 0.1) is 13.8 Å². The number of aryl methyl sites for hydroxylation is 2. The van der Waals surface area contributed by atoms with Gasteiger partial charge in [0, 0.05) is 50.6 Å². The first kappa shape index (κ1) is 41.2. The summed E-state index contributed by atoms with van der Waals surface area (Å²) in [6.45, 7) is 12.8. The van der Waals surface area contributed by atoms with Crippen LogP contribution in [0.5, 0.6) is 0 Å². The van der Waals surface area contributed by atoms with Crippen molar-refractivity contribution in [1.82, 2.24) is 0 Å². The van der Waals surface area contributed by atoms with Gasteiger partial charge in [-0.3, -0.25) is 0 Å². The fourth-order valence-corrected chi connectivity index (χ4v) is 15.8. The summed E-state index contributed by atoms with van der Waals surface area (Å²) in [5, 5.41) is 0. The number of rotatable bonds is 5. The summed E-state index contributed by atoms with van der Waals surface area (Å²) < 4.78 is 0. The Morgan fingerprint density at radius 2 is 1.06 bits per heavy atom. The molecule has 4 heterocycles. The number of hydrogen-bond donors (Lipinski definition) is 0. The van der Waals surface area contributed by atoms with Crippen LogP contribution in [-0.2, 0) is 10.8 Å². The lowest BCUT2D eigenvalue weighted by molar-refractivity contribution is 0.194. The average molecular weight is 894 g/mol. The molecule has 0 radical (unpaired) electrons. The summed E-state index contributed by atoms with van der Waals surface area (Å²) in [5.74, 6) is 0. The summed E-state index contributed by atoms with van der Waals surface area (Å²) in [6, 6.07) is 67.7. The van der Waals surface area contributed by atoms with E-state index in [9.17, 15) is 0 Å². The minimum atomic E-state index is -0.207. The molecule has 14 rings (SSSR count). The van der Waals surface area contributed by atoms with Crippen molar-refractivity contribution in [2.45, 2.75) is 108 Å². The van der Waals surface area contributed by atoms with Gasteiger partial charge in [-0.2, -0.15) is 0 Å². The first-order valence-electron chi connectivity index (χ1n) is 25.9. The van der Waals surface area contributed by atoms with Crippen molar-refractivity contribution in [3.05, 3.63) is 204 Å². The molecule has 6 aliphatic rings. The van der Waals surface area contributed by atoms with E-state index < -0.39 is 0 Å². The lowest BCUT2D eigenvalue weighted by Gasteiger charge is -2.54. The van der Waals surface area contributed by atoms with Crippen molar-refractivity contribution in [3.63, 3.8) is 0 Å². The summed E-state index contributed by atoms with van der Waals surface area (Å²) in [7, 11) is 0. The first-order chi connectivity index (χ1) is 33.7. The van der Waals surface area contributed by atoms with Gasteiger partial charge in [-0.05, 0) is 151 Å². The van der Waals surface area contributed by atoms with E-state index in [4.69, 9.17) is 0 Å². The third-order valence-electron chi connectivity index (χ3n) is 18.9. The molecule has 0 bridgehead atoms. The van der Waals surface area contributed by atoms with E-state index >= 15 is 0 Å². The van der Waals surface area contributed by atoms with E-state index in [0.717, 1.165) is 12.8 Å². The topological polar surface area (TPSA) is 9.72 Å². The molecule has 338 valence electrons. The highest BCUT2D eigenvalue weighted by molar-refractivity contribution is 7.00. The molecular weight excluding hydrogens is 834 g/mol. The number of benzene rings is 8. The van der Waals surface area contributed by atoms with Crippen molar-refractivity contribution in [3.8, 4) is 22.3 Å². The molecule has 8 aromatic carbocycles. The van der Waals surface area contributed by atoms with Crippen LogP contribution in [0.4, 0.5) is 39.8 Å². The predicted molar refractivity (Wildman–Crippen MR) is 292 cm³/mol. The van der Waals surface area contributed by atoms with Gasteiger partial charge in [0.2, 0.25) is 0 Å². The van der Waals surface area contributed by atoms with Crippen LogP contribution < -0.4 is 31.1 Å². The fraction of sp³-hybridized carbons (Fsp3) is 0.262. The number of anilines is 7. The first-order valence-corrected chi connectivity index (χ1v) is 25.9. The molecular formula is C65H60BN3. The second kappa shape index (κ2) is 14.6. The van der Waals surface area contributed by atoms with Crippen LogP contribution in [0.1, 0.15) is 100.0 Å². The largest absolute Gasteiger partial charge is 0.335 e. The Hall–Kier alpha value is -6.78.